The zero-order chi connectivity index (χ0) is 11.5. The summed E-state index contributed by atoms with van der Waals surface area (Å²) in [4.78, 5) is 1.09. The molecule has 0 saturated heterocycles. The van der Waals surface area contributed by atoms with Crippen LogP contribution >= 0.6 is 34.5 Å². The SMILES string of the molecule is NC(Cc1ccccc1Cl)c1ccc(Cl)s1. The van der Waals surface area contributed by atoms with Crippen molar-refractivity contribution in [2.75, 3.05) is 0 Å². The minimum Gasteiger partial charge on any atom is -0.323 e. The van der Waals surface area contributed by atoms with Gasteiger partial charge >= 0.3 is 0 Å². The predicted molar refractivity (Wildman–Crippen MR) is 71.4 cm³/mol. The Bertz CT molecular complexity index is 481. The number of benzene rings is 1. The number of rotatable bonds is 3. The standard InChI is InChI=1S/C12H11Cl2NS/c13-9-4-2-1-3-8(9)7-10(15)11-5-6-12(14)16-11/h1-6,10H,7,15H2. The van der Waals surface area contributed by atoms with E-state index in [0.717, 1.165) is 26.2 Å². The Morgan fingerprint density at radius 1 is 1.12 bits per heavy atom. The van der Waals surface area contributed by atoms with Crippen molar-refractivity contribution >= 4 is 34.5 Å². The molecule has 1 aromatic carbocycles. The van der Waals surface area contributed by atoms with Crippen LogP contribution < -0.4 is 5.73 Å². The molecule has 84 valence electrons. The minimum atomic E-state index is -0.0441. The van der Waals surface area contributed by atoms with Crippen molar-refractivity contribution in [1.82, 2.24) is 0 Å². The van der Waals surface area contributed by atoms with Gasteiger partial charge < -0.3 is 5.73 Å². The van der Waals surface area contributed by atoms with Crippen LogP contribution in [0.3, 0.4) is 0 Å². The second kappa shape index (κ2) is 5.19. The van der Waals surface area contributed by atoms with Crippen molar-refractivity contribution < 1.29 is 0 Å². The van der Waals surface area contributed by atoms with Gasteiger partial charge in [-0.05, 0) is 30.2 Å². The van der Waals surface area contributed by atoms with E-state index in [0.29, 0.717) is 0 Å². The molecular weight excluding hydrogens is 261 g/mol. The van der Waals surface area contributed by atoms with Crippen LogP contribution in [-0.4, -0.2) is 0 Å². The van der Waals surface area contributed by atoms with Gasteiger partial charge in [-0.1, -0.05) is 41.4 Å². The van der Waals surface area contributed by atoms with E-state index >= 15 is 0 Å². The average molecular weight is 272 g/mol. The minimum absolute atomic E-state index is 0.0441. The highest BCUT2D eigenvalue weighted by molar-refractivity contribution is 7.16. The van der Waals surface area contributed by atoms with Gasteiger partial charge in [0, 0.05) is 15.9 Å². The van der Waals surface area contributed by atoms with Crippen LogP contribution in [-0.2, 0) is 6.42 Å². The van der Waals surface area contributed by atoms with Crippen molar-refractivity contribution in [2.24, 2.45) is 5.73 Å². The quantitative estimate of drug-likeness (QED) is 0.885. The summed E-state index contributed by atoms with van der Waals surface area (Å²) >= 11 is 13.5. The van der Waals surface area contributed by atoms with E-state index < -0.39 is 0 Å². The Labute approximate surface area is 109 Å². The predicted octanol–water partition coefficient (Wildman–Crippen LogP) is 4.30. The number of thiophene rings is 1. The maximum Gasteiger partial charge on any atom is 0.0931 e. The molecule has 2 rings (SSSR count). The van der Waals surface area contributed by atoms with E-state index in [-0.39, 0.29) is 6.04 Å². The maximum atomic E-state index is 6.10. The average Bonchev–Trinajstić information content (AvgIpc) is 2.68. The lowest BCUT2D eigenvalue weighted by Gasteiger charge is -2.10. The molecule has 1 heterocycles. The van der Waals surface area contributed by atoms with Gasteiger partial charge in [-0.25, -0.2) is 0 Å². The van der Waals surface area contributed by atoms with Gasteiger partial charge in [0.15, 0.2) is 0 Å². The lowest BCUT2D eigenvalue weighted by Crippen LogP contribution is -2.11. The summed E-state index contributed by atoms with van der Waals surface area (Å²) in [7, 11) is 0. The lowest BCUT2D eigenvalue weighted by molar-refractivity contribution is 0.737. The molecule has 2 aromatic rings. The fraction of sp³-hybridized carbons (Fsp3) is 0.167. The van der Waals surface area contributed by atoms with E-state index in [4.69, 9.17) is 28.9 Å². The zero-order valence-corrected chi connectivity index (χ0v) is 10.8. The Kier molecular flexibility index (Phi) is 3.87. The van der Waals surface area contributed by atoms with Gasteiger partial charge in [0.2, 0.25) is 0 Å². The number of hydrogen-bond acceptors (Lipinski definition) is 2. The molecule has 16 heavy (non-hydrogen) atoms. The molecule has 1 nitrogen and oxygen atoms in total. The van der Waals surface area contributed by atoms with E-state index in [9.17, 15) is 0 Å². The molecule has 0 aliphatic carbocycles. The molecule has 1 aromatic heterocycles. The van der Waals surface area contributed by atoms with Gasteiger partial charge in [0.1, 0.15) is 0 Å². The third-order valence-corrected chi connectivity index (χ3v) is 4.09. The lowest BCUT2D eigenvalue weighted by atomic mass is 10.1. The first-order valence-corrected chi connectivity index (χ1v) is 6.48. The maximum absolute atomic E-state index is 6.10. The van der Waals surface area contributed by atoms with Crippen molar-refractivity contribution in [3.05, 3.63) is 56.2 Å². The van der Waals surface area contributed by atoms with Gasteiger partial charge in [0.05, 0.1) is 4.34 Å². The Hall–Kier alpha value is -0.540. The second-order valence-corrected chi connectivity index (χ2v) is 5.70. The Morgan fingerprint density at radius 2 is 1.88 bits per heavy atom. The normalized spacial score (nSPS) is 12.7. The molecule has 4 heteroatoms. The number of halogens is 2. The summed E-state index contributed by atoms with van der Waals surface area (Å²) in [6.07, 6.45) is 0.733. The van der Waals surface area contributed by atoms with Gasteiger partial charge in [-0.15, -0.1) is 11.3 Å². The number of hydrogen-bond donors (Lipinski definition) is 1. The fourth-order valence-corrected chi connectivity index (χ4v) is 2.80. The molecule has 0 aliphatic rings. The molecule has 1 unspecified atom stereocenters. The molecule has 0 fully saturated rings. The molecule has 2 N–H and O–H groups in total. The topological polar surface area (TPSA) is 26.0 Å². The summed E-state index contributed by atoms with van der Waals surface area (Å²) in [5, 5.41) is 0.764. The van der Waals surface area contributed by atoms with E-state index in [1.807, 2.05) is 36.4 Å². The summed E-state index contributed by atoms with van der Waals surface area (Å²) in [5.41, 5.74) is 7.17. The summed E-state index contributed by atoms with van der Waals surface area (Å²) in [6.45, 7) is 0. The first-order chi connectivity index (χ1) is 7.66. The van der Waals surface area contributed by atoms with Crippen LogP contribution in [0.4, 0.5) is 0 Å². The van der Waals surface area contributed by atoms with Crippen LogP contribution in [0.25, 0.3) is 0 Å². The monoisotopic (exact) mass is 271 g/mol. The summed E-state index contributed by atoms with van der Waals surface area (Å²) in [6, 6.07) is 11.6. The molecule has 0 radical (unpaired) electrons. The van der Waals surface area contributed by atoms with Crippen molar-refractivity contribution in [2.45, 2.75) is 12.5 Å². The molecule has 0 bridgehead atoms. The Morgan fingerprint density at radius 3 is 2.50 bits per heavy atom. The van der Waals surface area contributed by atoms with Crippen molar-refractivity contribution in [1.29, 1.82) is 0 Å². The van der Waals surface area contributed by atoms with Crippen LogP contribution in [0, 0.1) is 0 Å². The smallest absolute Gasteiger partial charge is 0.0931 e. The van der Waals surface area contributed by atoms with Crippen molar-refractivity contribution in [3.8, 4) is 0 Å². The summed E-state index contributed by atoms with van der Waals surface area (Å²) in [5.74, 6) is 0. The first kappa shape index (κ1) is 11.9. The molecule has 0 saturated carbocycles. The number of nitrogens with two attached hydrogens (primary N) is 1. The van der Waals surface area contributed by atoms with E-state index in [1.165, 1.54) is 11.3 Å². The van der Waals surface area contributed by atoms with E-state index in [1.54, 1.807) is 0 Å². The third kappa shape index (κ3) is 2.77. The largest absolute Gasteiger partial charge is 0.323 e. The van der Waals surface area contributed by atoms with Gasteiger partial charge in [-0.3, -0.25) is 0 Å². The van der Waals surface area contributed by atoms with Crippen LogP contribution in [0.5, 0.6) is 0 Å². The molecular formula is C12H11Cl2NS. The van der Waals surface area contributed by atoms with Crippen LogP contribution in [0.15, 0.2) is 36.4 Å². The highest BCUT2D eigenvalue weighted by Crippen LogP contribution is 2.29. The summed E-state index contributed by atoms with van der Waals surface area (Å²) < 4.78 is 0.768. The van der Waals surface area contributed by atoms with Gasteiger partial charge in [-0.2, -0.15) is 0 Å². The highest BCUT2D eigenvalue weighted by Gasteiger charge is 2.11. The molecule has 0 aliphatic heterocycles. The van der Waals surface area contributed by atoms with E-state index in [2.05, 4.69) is 0 Å². The third-order valence-electron chi connectivity index (χ3n) is 2.36. The highest BCUT2D eigenvalue weighted by atomic mass is 35.5. The van der Waals surface area contributed by atoms with Gasteiger partial charge in [0.25, 0.3) is 0 Å². The molecule has 0 spiro atoms. The van der Waals surface area contributed by atoms with Crippen LogP contribution in [0.1, 0.15) is 16.5 Å². The fourth-order valence-electron chi connectivity index (χ4n) is 1.53. The Balaban J connectivity index is 2.13. The molecule has 0 amide bonds. The first-order valence-electron chi connectivity index (χ1n) is 4.91. The van der Waals surface area contributed by atoms with Crippen molar-refractivity contribution in [3.63, 3.8) is 0 Å². The zero-order valence-electron chi connectivity index (χ0n) is 8.49. The molecule has 1 atom stereocenters. The second-order valence-electron chi connectivity index (χ2n) is 3.54. The van der Waals surface area contributed by atoms with Crippen LogP contribution in [0.2, 0.25) is 9.36 Å².